The third kappa shape index (κ3) is 5.05. The van der Waals surface area contributed by atoms with Crippen molar-refractivity contribution in [3.63, 3.8) is 0 Å². The van der Waals surface area contributed by atoms with Crippen LogP contribution < -0.4 is 10.6 Å². The van der Waals surface area contributed by atoms with Crippen LogP contribution in [0.1, 0.15) is 48.2 Å². The molecule has 4 rings (SSSR count). The number of H-pyrrole nitrogens is 1. The molecule has 0 bridgehead atoms. The number of carbonyl (C=O) groups excluding carboxylic acids is 1. The first-order valence-corrected chi connectivity index (χ1v) is 10.5. The average Bonchev–Trinajstić information content (AvgIpc) is 3.18. The Morgan fingerprint density at radius 2 is 2.03 bits per heavy atom. The minimum atomic E-state index is -0.110. The number of nitrogens with zero attached hydrogens (tertiary/aromatic N) is 1. The van der Waals surface area contributed by atoms with E-state index in [4.69, 9.17) is 0 Å². The maximum Gasteiger partial charge on any atom is 0.269 e. The predicted molar refractivity (Wildman–Crippen MR) is 118 cm³/mol. The van der Waals surface area contributed by atoms with Gasteiger partial charge in [-0.25, -0.2) is 0 Å². The number of amides is 1. The van der Waals surface area contributed by atoms with Crippen LogP contribution in [0.25, 0.3) is 10.9 Å². The molecule has 2 aromatic heterocycles. The van der Waals surface area contributed by atoms with Crippen molar-refractivity contribution in [1.29, 1.82) is 0 Å². The van der Waals surface area contributed by atoms with Gasteiger partial charge in [0.25, 0.3) is 5.91 Å². The lowest BCUT2D eigenvalue weighted by atomic mass is 9.97. The first-order chi connectivity index (χ1) is 14.3. The molecular formula is C24H28N4O. The van der Waals surface area contributed by atoms with Crippen molar-refractivity contribution < 1.29 is 4.79 Å². The van der Waals surface area contributed by atoms with Crippen LogP contribution in [0.15, 0.2) is 60.4 Å². The van der Waals surface area contributed by atoms with E-state index in [1.807, 2.05) is 18.2 Å². The standard InChI is InChI=1S/C24H28N4O/c29-24(27-13-10-18-6-2-1-3-7-18)23-16-20(12-15-26-23)25-14-11-19-17-28-22-9-5-4-8-21(19)22/h4-6,8-9,12,15-17,28H,1-3,7,10-11,13-14H2,(H,25,26)(H,27,29). The third-order valence-electron chi connectivity index (χ3n) is 5.51. The Kier molecular flexibility index (Phi) is 6.25. The van der Waals surface area contributed by atoms with Gasteiger partial charge < -0.3 is 15.6 Å². The van der Waals surface area contributed by atoms with E-state index in [1.54, 1.807) is 6.20 Å². The van der Waals surface area contributed by atoms with Crippen LogP contribution in [-0.2, 0) is 6.42 Å². The van der Waals surface area contributed by atoms with Gasteiger partial charge in [0.05, 0.1) is 0 Å². The summed E-state index contributed by atoms with van der Waals surface area (Å²) in [5, 5.41) is 7.67. The third-order valence-corrected chi connectivity index (χ3v) is 5.51. The number of nitrogens with one attached hydrogen (secondary N) is 3. The van der Waals surface area contributed by atoms with E-state index in [1.165, 1.54) is 42.2 Å². The van der Waals surface area contributed by atoms with E-state index in [-0.39, 0.29) is 5.91 Å². The second-order valence-corrected chi connectivity index (χ2v) is 7.58. The number of aromatic amines is 1. The molecule has 1 aliphatic rings. The molecule has 29 heavy (non-hydrogen) atoms. The quantitative estimate of drug-likeness (QED) is 0.484. The Hall–Kier alpha value is -3.08. The molecule has 5 heteroatoms. The van der Waals surface area contributed by atoms with E-state index in [0.717, 1.165) is 30.6 Å². The molecule has 0 unspecified atom stereocenters. The highest BCUT2D eigenvalue weighted by molar-refractivity contribution is 5.93. The van der Waals surface area contributed by atoms with Gasteiger partial charge in [-0.05, 0) is 62.3 Å². The number of pyridine rings is 1. The monoisotopic (exact) mass is 388 g/mol. The van der Waals surface area contributed by atoms with Crippen molar-refractivity contribution in [2.75, 3.05) is 18.4 Å². The molecule has 0 aliphatic heterocycles. The largest absolute Gasteiger partial charge is 0.385 e. The predicted octanol–water partition coefficient (Wildman–Crippen LogP) is 4.84. The zero-order chi connectivity index (χ0) is 19.9. The van der Waals surface area contributed by atoms with Gasteiger partial charge in [-0.1, -0.05) is 29.8 Å². The van der Waals surface area contributed by atoms with Gasteiger partial charge >= 0.3 is 0 Å². The minimum absolute atomic E-state index is 0.110. The van der Waals surface area contributed by atoms with Crippen LogP contribution in [0.2, 0.25) is 0 Å². The van der Waals surface area contributed by atoms with Gasteiger partial charge in [-0.2, -0.15) is 0 Å². The van der Waals surface area contributed by atoms with Crippen LogP contribution >= 0.6 is 0 Å². The van der Waals surface area contributed by atoms with Crippen molar-refractivity contribution in [2.45, 2.75) is 38.5 Å². The summed E-state index contributed by atoms with van der Waals surface area (Å²) in [4.78, 5) is 20.0. The molecule has 3 N–H and O–H groups in total. The molecule has 1 aromatic carbocycles. The molecule has 5 nitrogen and oxygen atoms in total. The molecule has 0 fully saturated rings. The summed E-state index contributed by atoms with van der Waals surface area (Å²) in [6.45, 7) is 1.46. The number of rotatable bonds is 8. The molecule has 0 radical (unpaired) electrons. The van der Waals surface area contributed by atoms with E-state index in [0.29, 0.717) is 12.2 Å². The van der Waals surface area contributed by atoms with Crippen LogP contribution in [0, 0.1) is 0 Å². The Labute approximate surface area is 171 Å². The van der Waals surface area contributed by atoms with Gasteiger partial charge in [0.15, 0.2) is 0 Å². The zero-order valence-electron chi connectivity index (χ0n) is 16.7. The Morgan fingerprint density at radius 3 is 2.93 bits per heavy atom. The smallest absolute Gasteiger partial charge is 0.269 e. The first kappa shape index (κ1) is 19.2. The van der Waals surface area contributed by atoms with Crippen LogP contribution in [-0.4, -0.2) is 29.0 Å². The highest BCUT2D eigenvalue weighted by atomic mass is 16.1. The molecule has 1 amide bonds. The number of fused-ring (bicyclic) bond motifs is 1. The fourth-order valence-electron chi connectivity index (χ4n) is 3.90. The molecule has 3 aromatic rings. The van der Waals surface area contributed by atoms with E-state index in [9.17, 15) is 4.79 Å². The minimum Gasteiger partial charge on any atom is -0.385 e. The van der Waals surface area contributed by atoms with Gasteiger partial charge in [-0.3, -0.25) is 9.78 Å². The average molecular weight is 389 g/mol. The lowest BCUT2D eigenvalue weighted by Gasteiger charge is -2.13. The van der Waals surface area contributed by atoms with Crippen molar-refractivity contribution in [2.24, 2.45) is 0 Å². The normalized spacial score (nSPS) is 13.9. The number of para-hydroxylation sites is 1. The van der Waals surface area contributed by atoms with E-state index < -0.39 is 0 Å². The van der Waals surface area contributed by atoms with Crippen molar-refractivity contribution in [3.8, 4) is 0 Å². The second kappa shape index (κ2) is 9.41. The highest BCUT2D eigenvalue weighted by Gasteiger charge is 2.09. The van der Waals surface area contributed by atoms with Crippen LogP contribution in [0.5, 0.6) is 0 Å². The van der Waals surface area contributed by atoms with Crippen LogP contribution in [0.4, 0.5) is 5.69 Å². The number of allylic oxidation sites excluding steroid dienone is 1. The molecule has 0 saturated heterocycles. The number of hydrogen-bond acceptors (Lipinski definition) is 3. The lowest BCUT2D eigenvalue weighted by Crippen LogP contribution is -2.25. The van der Waals surface area contributed by atoms with Gasteiger partial charge in [-0.15, -0.1) is 0 Å². The fraction of sp³-hybridized carbons (Fsp3) is 0.333. The van der Waals surface area contributed by atoms with Gasteiger partial charge in [0, 0.05) is 42.1 Å². The zero-order valence-corrected chi connectivity index (χ0v) is 16.7. The SMILES string of the molecule is O=C(NCCC1=CCCCC1)c1cc(NCCc2c[nH]c3ccccc23)ccn1. The summed E-state index contributed by atoms with van der Waals surface area (Å²) in [7, 11) is 0. The van der Waals surface area contributed by atoms with Gasteiger partial charge in [0.2, 0.25) is 0 Å². The lowest BCUT2D eigenvalue weighted by molar-refractivity contribution is 0.0949. The molecular weight excluding hydrogens is 360 g/mol. The van der Waals surface area contributed by atoms with E-state index in [2.05, 4.69) is 51.1 Å². The molecule has 0 saturated carbocycles. The Balaban J connectivity index is 1.27. The Bertz CT molecular complexity index is 1000. The maximum absolute atomic E-state index is 12.4. The Morgan fingerprint density at radius 1 is 1.10 bits per heavy atom. The number of aromatic nitrogens is 2. The molecule has 150 valence electrons. The fourth-order valence-corrected chi connectivity index (χ4v) is 3.90. The molecule has 0 atom stereocenters. The number of benzene rings is 1. The highest BCUT2D eigenvalue weighted by Crippen LogP contribution is 2.20. The topological polar surface area (TPSA) is 69.8 Å². The second-order valence-electron chi connectivity index (χ2n) is 7.58. The number of carbonyl (C=O) groups is 1. The summed E-state index contributed by atoms with van der Waals surface area (Å²) in [5.74, 6) is -0.110. The van der Waals surface area contributed by atoms with Gasteiger partial charge in [0.1, 0.15) is 5.69 Å². The maximum atomic E-state index is 12.4. The summed E-state index contributed by atoms with van der Waals surface area (Å²) >= 11 is 0. The van der Waals surface area contributed by atoms with Crippen molar-refractivity contribution in [3.05, 3.63) is 71.7 Å². The first-order valence-electron chi connectivity index (χ1n) is 10.5. The summed E-state index contributed by atoms with van der Waals surface area (Å²) in [6, 6.07) is 12.1. The summed E-state index contributed by atoms with van der Waals surface area (Å²) < 4.78 is 0. The summed E-state index contributed by atoms with van der Waals surface area (Å²) in [5.41, 5.74) is 5.29. The number of anilines is 1. The van der Waals surface area contributed by atoms with E-state index >= 15 is 0 Å². The van der Waals surface area contributed by atoms with Crippen molar-refractivity contribution in [1.82, 2.24) is 15.3 Å². The molecule has 2 heterocycles. The van der Waals surface area contributed by atoms with Crippen molar-refractivity contribution >= 4 is 22.5 Å². The summed E-state index contributed by atoms with van der Waals surface area (Å²) in [6.07, 6.45) is 12.8. The molecule has 0 spiro atoms. The van der Waals surface area contributed by atoms with Crippen LogP contribution in [0.3, 0.4) is 0 Å². The number of hydrogen-bond donors (Lipinski definition) is 3. The molecule has 1 aliphatic carbocycles.